The lowest BCUT2D eigenvalue weighted by Crippen LogP contribution is -2.23. The molecule has 0 radical (unpaired) electrons. The minimum Gasteiger partial charge on any atom is -0.494 e. The standard InChI is InChI=1S/C15H22FNO2S/c1-3-4-8-20-9-7-15(18)17-11-12-5-6-14(19-2)13(16)10-12/h5-6,10H,3-4,7-9,11H2,1-2H3,(H,17,18). The van der Waals surface area contributed by atoms with Crippen LogP contribution in [0.2, 0.25) is 0 Å². The Bertz CT molecular complexity index is 426. The monoisotopic (exact) mass is 299 g/mol. The summed E-state index contributed by atoms with van der Waals surface area (Å²) in [5.74, 6) is 1.75. The molecule has 20 heavy (non-hydrogen) atoms. The molecule has 1 amide bonds. The first kappa shape index (κ1) is 16.8. The van der Waals surface area contributed by atoms with E-state index in [0.717, 1.165) is 17.1 Å². The number of halogens is 1. The van der Waals surface area contributed by atoms with Crippen molar-refractivity contribution in [2.24, 2.45) is 0 Å². The van der Waals surface area contributed by atoms with Crippen LogP contribution in [0.5, 0.6) is 5.75 Å². The molecule has 0 aliphatic carbocycles. The second-order valence-electron chi connectivity index (χ2n) is 4.46. The van der Waals surface area contributed by atoms with E-state index in [9.17, 15) is 9.18 Å². The van der Waals surface area contributed by atoms with Crippen LogP contribution in [-0.4, -0.2) is 24.5 Å². The maximum atomic E-state index is 13.5. The quantitative estimate of drug-likeness (QED) is 0.710. The molecule has 112 valence electrons. The SMILES string of the molecule is CCCCSCCC(=O)NCc1ccc(OC)c(F)c1. The summed E-state index contributed by atoms with van der Waals surface area (Å²) in [5.41, 5.74) is 0.732. The van der Waals surface area contributed by atoms with E-state index < -0.39 is 5.82 Å². The summed E-state index contributed by atoms with van der Waals surface area (Å²) in [6, 6.07) is 4.70. The zero-order chi connectivity index (χ0) is 14.8. The maximum absolute atomic E-state index is 13.5. The number of amides is 1. The van der Waals surface area contributed by atoms with Gasteiger partial charge in [-0.3, -0.25) is 4.79 Å². The fraction of sp³-hybridized carbons (Fsp3) is 0.533. The molecule has 0 saturated heterocycles. The molecule has 0 unspecified atom stereocenters. The second kappa shape index (κ2) is 9.64. The lowest BCUT2D eigenvalue weighted by molar-refractivity contribution is -0.120. The third-order valence-corrected chi connectivity index (χ3v) is 3.89. The smallest absolute Gasteiger partial charge is 0.221 e. The maximum Gasteiger partial charge on any atom is 0.221 e. The van der Waals surface area contributed by atoms with Crippen LogP contribution in [0.4, 0.5) is 4.39 Å². The highest BCUT2D eigenvalue weighted by Crippen LogP contribution is 2.17. The Labute approximate surface area is 124 Å². The van der Waals surface area contributed by atoms with Crippen molar-refractivity contribution in [2.45, 2.75) is 32.7 Å². The minimum atomic E-state index is -0.408. The summed E-state index contributed by atoms with van der Waals surface area (Å²) in [7, 11) is 1.43. The van der Waals surface area contributed by atoms with Crippen LogP contribution >= 0.6 is 11.8 Å². The molecule has 0 aliphatic rings. The number of hydrogen-bond donors (Lipinski definition) is 1. The van der Waals surface area contributed by atoms with Crippen molar-refractivity contribution < 1.29 is 13.9 Å². The summed E-state index contributed by atoms with van der Waals surface area (Å²) in [6.45, 7) is 2.50. The van der Waals surface area contributed by atoms with Crippen molar-refractivity contribution in [3.05, 3.63) is 29.6 Å². The van der Waals surface area contributed by atoms with Gasteiger partial charge in [0.1, 0.15) is 0 Å². The molecule has 0 heterocycles. The molecular weight excluding hydrogens is 277 g/mol. The number of carbonyl (C=O) groups is 1. The molecule has 0 atom stereocenters. The highest BCUT2D eigenvalue weighted by atomic mass is 32.2. The van der Waals surface area contributed by atoms with E-state index in [4.69, 9.17) is 4.74 Å². The van der Waals surface area contributed by atoms with E-state index in [-0.39, 0.29) is 11.7 Å². The number of unbranched alkanes of at least 4 members (excludes halogenated alkanes) is 1. The molecule has 1 N–H and O–H groups in total. The molecule has 0 aliphatic heterocycles. The summed E-state index contributed by atoms with van der Waals surface area (Å²) < 4.78 is 18.3. The molecule has 0 spiro atoms. The van der Waals surface area contributed by atoms with Crippen LogP contribution in [0, 0.1) is 5.82 Å². The Morgan fingerprint density at radius 3 is 2.85 bits per heavy atom. The molecule has 0 bridgehead atoms. The topological polar surface area (TPSA) is 38.3 Å². The van der Waals surface area contributed by atoms with Crippen molar-refractivity contribution in [3.8, 4) is 5.75 Å². The number of methoxy groups -OCH3 is 1. The van der Waals surface area contributed by atoms with Crippen molar-refractivity contribution >= 4 is 17.7 Å². The van der Waals surface area contributed by atoms with E-state index in [0.29, 0.717) is 13.0 Å². The Hall–Kier alpha value is -1.23. The first-order chi connectivity index (χ1) is 9.67. The predicted octanol–water partition coefficient (Wildman–Crippen LogP) is 3.37. The number of ether oxygens (including phenoxy) is 1. The van der Waals surface area contributed by atoms with E-state index in [1.165, 1.54) is 26.0 Å². The highest BCUT2D eigenvalue weighted by Gasteiger charge is 2.05. The lowest BCUT2D eigenvalue weighted by Gasteiger charge is -2.07. The van der Waals surface area contributed by atoms with Gasteiger partial charge in [0.25, 0.3) is 0 Å². The van der Waals surface area contributed by atoms with Crippen LogP contribution in [0.3, 0.4) is 0 Å². The Kier molecular flexibility index (Phi) is 8.11. The van der Waals surface area contributed by atoms with E-state index >= 15 is 0 Å². The van der Waals surface area contributed by atoms with Gasteiger partial charge in [0, 0.05) is 18.7 Å². The van der Waals surface area contributed by atoms with E-state index in [1.807, 2.05) is 0 Å². The molecule has 1 aromatic carbocycles. The van der Waals surface area contributed by atoms with Crippen LogP contribution in [0.25, 0.3) is 0 Å². The fourth-order valence-electron chi connectivity index (χ4n) is 1.62. The van der Waals surface area contributed by atoms with Crippen molar-refractivity contribution in [2.75, 3.05) is 18.6 Å². The average molecular weight is 299 g/mol. The van der Waals surface area contributed by atoms with Crippen LogP contribution < -0.4 is 10.1 Å². The van der Waals surface area contributed by atoms with Gasteiger partial charge < -0.3 is 10.1 Å². The predicted molar refractivity (Wildman–Crippen MR) is 81.6 cm³/mol. The normalized spacial score (nSPS) is 10.3. The molecule has 1 aromatic rings. The number of rotatable bonds is 9. The fourth-order valence-corrected chi connectivity index (χ4v) is 2.65. The molecule has 0 saturated carbocycles. The third-order valence-electron chi connectivity index (χ3n) is 2.82. The molecule has 5 heteroatoms. The van der Waals surface area contributed by atoms with Gasteiger partial charge in [0.05, 0.1) is 7.11 Å². The van der Waals surface area contributed by atoms with Gasteiger partial charge >= 0.3 is 0 Å². The van der Waals surface area contributed by atoms with E-state index in [1.54, 1.807) is 23.9 Å². The Balaban J connectivity index is 2.25. The minimum absolute atomic E-state index is 0.00484. The summed E-state index contributed by atoms with van der Waals surface area (Å²) in [4.78, 5) is 11.6. The summed E-state index contributed by atoms with van der Waals surface area (Å²) >= 11 is 1.80. The van der Waals surface area contributed by atoms with Crippen LogP contribution in [0.1, 0.15) is 31.7 Å². The number of hydrogen-bond acceptors (Lipinski definition) is 3. The van der Waals surface area contributed by atoms with Crippen molar-refractivity contribution in [1.82, 2.24) is 5.32 Å². The molecule has 1 rings (SSSR count). The Morgan fingerprint density at radius 1 is 1.40 bits per heavy atom. The number of carbonyl (C=O) groups excluding carboxylic acids is 1. The molecular formula is C15H22FNO2S. The van der Waals surface area contributed by atoms with Gasteiger partial charge in [-0.1, -0.05) is 19.4 Å². The highest BCUT2D eigenvalue weighted by molar-refractivity contribution is 7.99. The Morgan fingerprint density at radius 2 is 2.20 bits per heavy atom. The number of benzene rings is 1. The number of thioether (sulfide) groups is 1. The lowest BCUT2D eigenvalue weighted by atomic mass is 10.2. The van der Waals surface area contributed by atoms with Crippen LogP contribution in [-0.2, 0) is 11.3 Å². The van der Waals surface area contributed by atoms with Crippen molar-refractivity contribution in [3.63, 3.8) is 0 Å². The van der Waals surface area contributed by atoms with Gasteiger partial charge in [-0.05, 0) is 29.9 Å². The van der Waals surface area contributed by atoms with Crippen LogP contribution in [0.15, 0.2) is 18.2 Å². The third kappa shape index (κ3) is 6.28. The largest absolute Gasteiger partial charge is 0.494 e. The molecule has 0 aromatic heterocycles. The summed E-state index contributed by atoms with van der Waals surface area (Å²) in [6.07, 6.45) is 2.88. The number of nitrogens with one attached hydrogen (secondary N) is 1. The van der Waals surface area contributed by atoms with Gasteiger partial charge in [0.2, 0.25) is 5.91 Å². The first-order valence-corrected chi connectivity index (χ1v) is 7.99. The zero-order valence-electron chi connectivity index (χ0n) is 12.1. The van der Waals surface area contributed by atoms with Gasteiger partial charge in [-0.15, -0.1) is 0 Å². The van der Waals surface area contributed by atoms with E-state index in [2.05, 4.69) is 12.2 Å². The zero-order valence-corrected chi connectivity index (χ0v) is 12.9. The molecule has 0 fully saturated rings. The van der Waals surface area contributed by atoms with Gasteiger partial charge in [0.15, 0.2) is 11.6 Å². The van der Waals surface area contributed by atoms with Gasteiger partial charge in [-0.2, -0.15) is 11.8 Å². The first-order valence-electron chi connectivity index (χ1n) is 6.84. The molecule has 3 nitrogen and oxygen atoms in total. The van der Waals surface area contributed by atoms with Crippen molar-refractivity contribution in [1.29, 1.82) is 0 Å². The van der Waals surface area contributed by atoms with Gasteiger partial charge in [-0.25, -0.2) is 4.39 Å². The summed E-state index contributed by atoms with van der Waals surface area (Å²) in [5, 5.41) is 2.79. The second-order valence-corrected chi connectivity index (χ2v) is 5.69. The average Bonchev–Trinajstić information content (AvgIpc) is 2.45.